The fourth-order valence-corrected chi connectivity index (χ4v) is 2.69. The molecule has 1 aromatic carbocycles. The Hall–Kier alpha value is -2.21. The standard InChI is InChI=1S/C15H17N3O3/c19-11-4-3-7-17(9-11)15(21)10-18-13-6-2-1-5-12(13)16-8-14(18)20/h1-2,5-6,8,11,19H,3-4,7,9-10H2. The molecule has 110 valence electrons. The summed E-state index contributed by atoms with van der Waals surface area (Å²) in [6.45, 7) is 0.957. The minimum atomic E-state index is -0.464. The van der Waals surface area contributed by atoms with Gasteiger partial charge in [0.2, 0.25) is 5.91 Å². The lowest BCUT2D eigenvalue weighted by Crippen LogP contribution is -2.44. The van der Waals surface area contributed by atoms with E-state index in [4.69, 9.17) is 0 Å². The normalized spacial score (nSPS) is 18.9. The van der Waals surface area contributed by atoms with E-state index < -0.39 is 6.10 Å². The van der Waals surface area contributed by atoms with Gasteiger partial charge in [-0.05, 0) is 25.0 Å². The molecule has 1 aliphatic heterocycles. The lowest BCUT2D eigenvalue weighted by molar-refractivity contribution is -0.134. The van der Waals surface area contributed by atoms with Crippen molar-refractivity contribution < 1.29 is 9.90 Å². The molecule has 2 aromatic rings. The van der Waals surface area contributed by atoms with Crippen LogP contribution in [-0.2, 0) is 11.3 Å². The second kappa shape index (κ2) is 5.65. The van der Waals surface area contributed by atoms with Crippen LogP contribution in [0.25, 0.3) is 11.0 Å². The van der Waals surface area contributed by atoms with Gasteiger partial charge in [-0.15, -0.1) is 0 Å². The number of β-amino-alcohol motifs (C(OH)–C–C–N with tert-alkyl or cyclic N) is 1. The molecule has 2 heterocycles. The topological polar surface area (TPSA) is 75.4 Å². The SMILES string of the molecule is O=C(Cn1c(=O)cnc2ccccc21)N1CCCC(O)C1. The zero-order valence-electron chi connectivity index (χ0n) is 11.6. The van der Waals surface area contributed by atoms with E-state index in [9.17, 15) is 14.7 Å². The molecule has 21 heavy (non-hydrogen) atoms. The van der Waals surface area contributed by atoms with Crippen molar-refractivity contribution in [1.82, 2.24) is 14.5 Å². The highest BCUT2D eigenvalue weighted by Crippen LogP contribution is 2.12. The first-order valence-corrected chi connectivity index (χ1v) is 7.05. The van der Waals surface area contributed by atoms with E-state index in [0.717, 1.165) is 12.8 Å². The maximum atomic E-state index is 12.3. The van der Waals surface area contributed by atoms with E-state index in [1.165, 1.54) is 10.8 Å². The number of fused-ring (bicyclic) bond motifs is 1. The Balaban J connectivity index is 1.89. The van der Waals surface area contributed by atoms with Gasteiger partial charge in [-0.3, -0.25) is 14.2 Å². The number of aliphatic hydroxyl groups excluding tert-OH is 1. The molecule has 0 radical (unpaired) electrons. The summed E-state index contributed by atoms with van der Waals surface area (Å²) < 4.78 is 1.44. The molecule has 1 atom stereocenters. The van der Waals surface area contributed by atoms with Crippen LogP contribution in [0.1, 0.15) is 12.8 Å². The van der Waals surface area contributed by atoms with Gasteiger partial charge in [-0.1, -0.05) is 12.1 Å². The van der Waals surface area contributed by atoms with Gasteiger partial charge in [-0.2, -0.15) is 0 Å². The molecular formula is C15H17N3O3. The summed E-state index contributed by atoms with van der Waals surface area (Å²) in [6.07, 6.45) is 2.29. The zero-order valence-corrected chi connectivity index (χ0v) is 11.6. The number of carbonyl (C=O) groups excluding carboxylic acids is 1. The molecule has 6 nitrogen and oxygen atoms in total. The van der Waals surface area contributed by atoms with Gasteiger partial charge in [-0.25, -0.2) is 4.98 Å². The van der Waals surface area contributed by atoms with Gasteiger partial charge in [0.05, 0.1) is 23.3 Å². The van der Waals surface area contributed by atoms with Crippen LogP contribution in [0, 0.1) is 0 Å². The average molecular weight is 287 g/mol. The Kier molecular flexibility index (Phi) is 3.70. The number of hydrogen-bond acceptors (Lipinski definition) is 4. The first kappa shape index (κ1) is 13.8. The highest BCUT2D eigenvalue weighted by atomic mass is 16.3. The van der Waals surface area contributed by atoms with Crippen LogP contribution >= 0.6 is 0 Å². The second-order valence-electron chi connectivity index (χ2n) is 5.31. The average Bonchev–Trinajstić information content (AvgIpc) is 2.50. The summed E-state index contributed by atoms with van der Waals surface area (Å²) in [6, 6.07) is 7.24. The van der Waals surface area contributed by atoms with E-state index in [1.54, 1.807) is 17.0 Å². The number of para-hydroxylation sites is 2. The summed E-state index contributed by atoms with van der Waals surface area (Å²) in [5.74, 6) is -0.146. The number of benzene rings is 1. The monoisotopic (exact) mass is 287 g/mol. The molecule has 1 aromatic heterocycles. The number of amides is 1. The summed E-state index contributed by atoms with van der Waals surface area (Å²) in [7, 11) is 0. The number of hydrogen-bond donors (Lipinski definition) is 1. The van der Waals surface area contributed by atoms with E-state index in [0.29, 0.717) is 24.1 Å². The predicted molar refractivity (Wildman–Crippen MR) is 77.8 cm³/mol. The van der Waals surface area contributed by atoms with Crippen LogP contribution in [0.5, 0.6) is 0 Å². The van der Waals surface area contributed by atoms with Crippen LogP contribution in [0.3, 0.4) is 0 Å². The molecule has 6 heteroatoms. The molecule has 1 N–H and O–H groups in total. The van der Waals surface area contributed by atoms with Gasteiger partial charge in [0.1, 0.15) is 6.54 Å². The number of likely N-dealkylation sites (tertiary alicyclic amines) is 1. The molecule has 0 spiro atoms. The lowest BCUT2D eigenvalue weighted by atomic mass is 10.1. The second-order valence-corrected chi connectivity index (χ2v) is 5.31. The van der Waals surface area contributed by atoms with Crippen LogP contribution in [0.2, 0.25) is 0 Å². The maximum Gasteiger partial charge on any atom is 0.269 e. The summed E-state index contributed by atoms with van der Waals surface area (Å²) in [4.78, 5) is 30.0. The Morgan fingerprint density at radius 3 is 3.00 bits per heavy atom. The van der Waals surface area contributed by atoms with Crippen molar-refractivity contribution in [2.75, 3.05) is 13.1 Å². The molecule has 1 unspecified atom stereocenters. The van der Waals surface area contributed by atoms with Crippen molar-refractivity contribution in [3.8, 4) is 0 Å². The van der Waals surface area contributed by atoms with Crippen LogP contribution in [-0.4, -0.2) is 44.7 Å². The van der Waals surface area contributed by atoms with Crippen molar-refractivity contribution in [3.05, 3.63) is 40.8 Å². The Labute approximate surface area is 121 Å². The number of carbonyl (C=O) groups is 1. The Morgan fingerprint density at radius 1 is 1.38 bits per heavy atom. The van der Waals surface area contributed by atoms with E-state index in [2.05, 4.69) is 4.98 Å². The molecule has 1 saturated heterocycles. The highest BCUT2D eigenvalue weighted by molar-refractivity contribution is 5.80. The maximum absolute atomic E-state index is 12.3. The molecule has 1 aliphatic rings. The van der Waals surface area contributed by atoms with Crippen molar-refractivity contribution >= 4 is 16.9 Å². The van der Waals surface area contributed by atoms with Crippen molar-refractivity contribution in [1.29, 1.82) is 0 Å². The Morgan fingerprint density at radius 2 is 2.19 bits per heavy atom. The van der Waals surface area contributed by atoms with E-state index >= 15 is 0 Å². The number of piperidine rings is 1. The number of aromatic nitrogens is 2. The minimum absolute atomic E-state index is 0.0193. The Bertz CT molecular complexity index is 725. The highest BCUT2D eigenvalue weighted by Gasteiger charge is 2.22. The molecule has 0 bridgehead atoms. The van der Waals surface area contributed by atoms with Crippen molar-refractivity contribution in [3.63, 3.8) is 0 Å². The van der Waals surface area contributed by atoms with Crippen LogP contribution in [0.4, 0.5) is 0 Å². The smallest absolute Gasteiger partial charge is 0.269 e. The number of rotatable bonds is 2. The van der Waals surface area contributed by atoms with E-state index in [-0.39, 0.29) is 18.0 Å². The van der Waals surface area contributed by atoms with E-state index in [1.807, 2.05) is 12.1 Å². The number of aliphatic hydroxyl groups is 1. The quantitative estimate of drug-likeness (QED) is 0.866. The minimum Gasteiger partial charge on any atom is -0.391 e. The molecule has 1 fully saturated rings. The largest absolute Gasteiger partial charge is 0.391 e. The fourth-order valence-electron chi connectivity index (χ4n) is 2.69. The lowest BCUT2D eigenvalue weighted by Gasteiger charge is -2.30. The van der Waals surface area contributed by atoms with Crippen LogP contribution in [0.15, 0.2) is 35.3 Å². The molecule has 3 rings (SSSR count). The van der Waals surface area contributed by atoms with Gasteiger partial charge in [0.25, 0.3) is 5.56 Å². The van der Waals surface area contributed by atoms with Crippen molar-refractivity contribution in [2.45, 2.75) is 25.5 Å². The van der Waals surface area contributed by atoms with Gasteiger partial charge in [0, 0.05) is 13.1 Å². The predicted octanol–water partition coefficient (Wildman–Crippen LogP) is 0.380. The summed E-state index contributed by atoms with van der Waals surface area (Å²) >= 11 is 0. The van der Waals surface area contributed by atoms with Crippen LogP contribution < -0.4 is 5.56 Å². The third kappa shape index (κ3) is 2.80. The first-order chi connectivity index (χ1) is 10.1. The molecule has 1 amide bonds. The summed E-state index contributed by atoms with van der Waals surface area (Å²) in [5.41, 5.74) is 1.04. The van der Waals surface area contributed by atoms with Gasteiger partial charge >= 0.3 is 0 Å². The van der Waals surface area contributed by atoms with Gasteiger partial charge in [0.15, 0.2) is 0 Å². The zero-order chi connectivity index (χ0) is 14.8. The molecule has 0 aliphatic carbocycles. The first-order valence-electron chi connectivity index (χ1n) is 7.05. The molecule has 0 saturated carbocycles. The van der Waals surface area contributed by atoms with Crippen molar-refractivity contribution in [2.24, 2.45) is 0 Å². The number of nitrogens with zero attached hydrogens (tertiary/aromatic N) is 3. The summed E-state index contributed by atoms with van der Waals surface area (Å²) in [5, 5.41) is 9.65. The fraction of sp³-hybridized carbons (Fsp3) is 0.400. The molecular weight excluding hydrogens is 270 g/mol. The van der Waals surface area contributed by atoms with Gasteiger partial charge < -0.3 is 10.0 Å². The third-order valence-corrected chi connectivity index (χ3v) is 3.80. The third-order valence-electron chi connectivity index (χ3n) is 3.80.